The minimum Gasteiger partial charge on any atom is -0.351 e. The highest BCUT2D eigenvalue weighted by Crippen LogP contribution is 2.16. The second kappa shape index (κ2) is 10.4. The predicted molar refractivity (Wildman–Crippen MR) is 111 cm³/mol. The maximum absolute atomic E-state index is 12.5. The third kappa shape index (κ3) is 5.89. The van der Waals surface area contributed by atoms with Crippen LogP contribution in [0.3, 0.4) is 0 Å². The molecule has 0 spiro atoms. The summed E-state index contributed by atoms with van der Waals surface area (Å²) in [6, 6.07) is 16.7. The summed E-state index contributed by atoms with van der Waals surface area (Å²) in [6.45, 7) is 7.08. The van der Waals surface area contributed by atoms with Crippen LogP contribution in [0.15, 0.2) is 59.5 Å². The number of benzene rings is 2. The molecule has 0 aliphatic heterocycles. The summed E-state index contributed by atoms with van der Waals surface area (Å²) >= 11 is 0. The minimum atomic E-state index is -3.46. The van der Waals surface area contributed by atoms with Crippen LogP contribution < -0.4 is 10.6 Å². The van der Waals surface area contributed by atoms with E-state index in [9.17, 15) is 13.2 Å². The Balaban J connectivity index is 1.85. The smallest absolute Gasteiger partial charge is 0.243 e. The summed E-state index contributed by atoms with van der Waals surface area (Å²) in [5.41, 5.74) is 1.98. The van der Waals surface area contributed by atoms with Crippen molar-refractivity contribution in [2.24, 2.45) is 0 Å². The average Bonchev–Trinajstić information content (AvgIpc) is 2.72. The molecule has 0 heterocycles. The van der Waals surface area contributed by atoms with Crippen LogP contribution in [0.5, 0.6) is 0 Å². The van der Waals surface area contributed by atoms with Crippen molar-refractivity contribution < 1.29 is 13.2 Å². The average molecular weight is 404 g/mol. The number of amides is 1. The van der Waals surface area contributed by atoms with Gasteiger partial charge in [0.15, 0.2) is 0 Å². The van der Waals surface area contributed by atoms with Crippen molar-refractivity contribution in [3.8, 4) is 0 Å². The van der Waals surface area contributed by atoms with Crippen LogP contribution in [0.1, 0.15) is 37.9 Å². The molecule has 0 aliphatic carbocycles. The largest absolute Gasteiger partial charge is 0.351 e. The number of hydrogen-bond donors (Lipinski definition) is 2. The summed E-state index contributed by atoms with van der Waals surface area (Å²) in [7, 11) is -3.46. The lowest BCUT2D eigenvalue weighted by Gasteiger charge is -2.18. The zero-order chi connectivity index (χ0) is 20.6. The van der Waals surface area contributed by atoms with E-state index < -0.39 is 10.0 Å². The third-order valence-corrected chi connectivity index (χ3v) is 6.69. The van der Waals surface area contributed by atoms with Gasteiger partial charge in [0, 0.05) is 25.7 Å². The van der Waals surface area contributed by atoms with Crippen molar-refractivity contribution in [1.29, 1.82) is 0 Å². The molecule has 0 fully saturated rings. The molecule has 2 aromatic carbocycles. The quantitative estimate of drug-likeness (QED) is 0.639. The first-order valence-corrected chi connectivity index (χ1v) is 11.0. The van der Waals surface area contributed by atoms with Crippen LogP contribution in [0.25, 0.3) is 0 Å². The Kier molecular flexibility index (Phi) is 8.17. The van der Waals surface area contributed by atoms with E-state index in [0.717, 1.165) is 11.1 Å². The van der Waals surface area contributed by atoms with E-state index in [0.29, 0.717) is 19.6 Å². The second-order valence-electron chi connectivity index (χ2n) is 6.52. The molecule has 1 amide bonds. The molecule has 0 aliphatic rings. The summed E-state index contributed by atoms with van der Waals surface area (Å²) in [4.78, 5) is 12.3. The Morgan fingerprint density at radius 2 is 1.61 bits per heavy atom. The number of carbonyl (C=O) groups is 1. The van der Waals surface area contributed by atoms with Crippen molar-refractivity contribution in [3.05, 3.63) is 65.7 Å². The molecule has 7 heteroatoms. The molecule has 0 radical (unpaired) electrons. The molecule has 28 heavy (non-hydrogen) atoms. The zero-order valence-corrected chi connectivity index (χ0v) is 17.5. The number of nitrogens with zero attached hydrogens (tertiary/aromatic N) is 1. The first-order valence-electron chi connectivity index (χ1n) is 9.52. The maximum Gasteiger partial charge on any atom is 0.243 e. The van der Waals surface area contributed by atoms with Gasteiger partial charge in [0.2, 0.25) is 15.9 Å². The van der Waals surface area contributed by atoms with Crippen LogP contribution in [0.2, 0.25) is 0 Å². The second-order valence-corrected chi connectivity index (χ2v) is 8.46. The Hall–Kier alpha value is -2.22. The summed E-state index contributed by atoms with van der Waals surface area (Å²) in [6.07, 6.45) is 0. The SMILES string of the molecule is CCN(CC)S(=O)(=O)c1ccc(CNC(=O)CN[C@@H](C)c2ccccc2)cc1. The molecular weight excluding hydrogens is 374 g/mol. The first kappa shape index (κ1) is 22.1. The fourth-order valence-electron chi connectivity index (χ4n) is 2.86. The van der Waals surface area contributed by atoms with E-state index in [2.05, 4.69) is 10.6 Å². The third-order valence-electron chi connectivity index (χ3n) is 4.62. The van der Waals surface area contributed by atoms with Crippen molar-refractivity contribution in [3.63, 3.8) is 0 Å². The fourth-order valence-corrected chi connectivity index (χ4v) is 4.32. The molecule has 0 aromatic heterocycles. The Labute approximate surface area is 168 Å². The summed E-state index contributed by atoms with van der Waals surface area (Å²) in [5, 5.41) is 6.04. The Morgan fingerprint density at radius 1 is 1.00 bits per heavy atom. The highest BCUT2D eigenvalue weighted by atomic mass is 32.2. The van der Waals surface area contributed by atoms with Gasteiger partial charge in [-0.3, -0.25) is 4.79 Å². The molecule has 2 N–H and O–H groups in total. The number of hydrogen-bond acceptors (Lipinski definition) is 4. The van der Waals surface area contributed by atoms with Gasteiger partial charge in [-0.1, -0.05) is 56.3 Å². The molecule has 1 atom stereocenters. The lowest BCUT2D eigenvalue weighted by Crippen LogP contribution is -2.34. The molecule has 2 aromatic rings. The van der Waals surface area contributed by atoms with Crippen LogP contribution >= 0.6 is 0 Å². The van der Waals surface area contributed by atoms with E-state index in [1.165, 1.54) is 4.31 Å². The topological polar surface area (TPSA) is 78.5 Å². The fraction of sp³-hybridized carbons (Fsp3) is 0.381. The number of nitrogens with one attached hydrogen (secondary N) is 2. The van der Waals surface area contributed by atoms with Gasteiger partial charge >= 0.3 is 0 Å². The molecule has 0 saturated carbocycles. The van der Waals surface area contributed by atoms with Crippen LogP contribution in [0.4, 0.5) is 0 Å². The standard InChI is InChI=1S/C21H29N3O3S/c1-4-24(5-2)28(26,27)20-13-11-18(12-14-20)15-23-21(25)16-22-17(3)19-9-7-6-8-10-19/h6-14,17,22H,4-5,15-16H2,1-3H3,(H,23,25)/t17-/m0/s1. The lowest BCUT2D eigenvalue weighted by molar-refractivity contribution is -0.120. The highest BCUT2D eigenvalue weighted by Gasteiger charge is 2.21. The Morgan fingerprint density at radius 3 is 2.18 bits per heavy atom. The molecule has 0 saturated heterocycles. The molecule has 2 rings (SSSR count). The van der Waals surface area contributed by atoms with Crippen molar-refractivity contribution in [2.75, 3.05) is 19.6 Å². The number of sulfonamides is 1. The number of rotatable bonds is 10. The lowest BCUT2D eigenvalue weighted by atomic mass is 10.1. The van der Waals surface area contributed by atoms with Gasteiger partial charge in [0.25, 0.3) is 0 Å². The van der Waals surface area contributed by atoms with Crippen molar-refractivity contribution in [2.45, 2.75) is 38.3 Å². The predicted octanol–water partition coefficient (Wildman–Crippen LogP) is 2.68. The van der Waals surface area contributed by atoms with Gasteiger partial charge in [0.05, 0.1) is 11.4 Å². The first-order chi connectivity index (χ1) is 13.4. The monoisotopic (exact) mass is 403 g/mol. The van der Waals surface area contributed by atoms with Gasteiger partial charge in [-0.25, -0.2) is 8.42 Å². The molecule has 0 bridgehead atoms. The van der Waals surface area contributed by atoms with E-state index in [1.807, 2.05) is 51.1 Å². The van der Waals surface area contributed by atoms with E-state index in [1.54, 1.807) is 24.3 Å². The van der Waals surface area contributed by atoms with E-state index >= 15 is 0 Å². The van der Waals surface area contributed by atoms with Gasteiger partial charge in [0.1, 0.15) is 0 Å². The van der Waals surface area contributed by atoms with Crippen molar-refractivity contribution in [1.82, 2.24) is 14.9 Å². The number of carbonyl (C=O) groups excluding carboxylic acids is 1. The zero-order valence-electron chi connectivity index (χ0n) is 16.7. The minimum absolute atomic E-state index is 0.0801. The summed E-state index contributed by atoms with van der Waals surface area (Å²) in [5.74, 6) is -0.109. The van der Waals surface area contributed by atoms with Gasteiger partial charge in [-0.05, 0) is 30.2 Å². The highest BCUT2D eigenvalue weighted by molar-refractivity contribution is 7.89. The summed E-state index contributed by atoms with van der Waals surface area (Å²) < 4.78 is 26.4. The van der Waals surface area contributed by atoms with Gasteiger partial charge < -0.3 is 10.6 Å². The normalized spacial score (nSPS) is 12.7. The van der Waals surface area contributed by atoms with Crippen LogP contribution in [-0.4, -0.2) is 38.3 Å². The van der Waals surface area contributed by atoms with Gasteiger partial charge in [-0.15, -0.1) is 0 Å². The van der Waals surface area contributed by atoms with Gasteiger partial charge in [-0.2, -0.15) is 4.31 Å². The Bertz CT molecular complexity index is 848. The molecule has 6 nitrogen and oxygen atoms in total. The van der Waals surface area contributed by atoms with E-state index in [-0.39, 0.29) is 23.4 Å². The molecular formula is C21H29N3O3S. The molecule has 152 valence electrons. The van der Waals surface area contributed by atoms with Crippen molar-refractivity contribution >= 4 is 15.9 Å². The maximum atomic E-state index is 12.5. The van der Waals surface area contributed by atoms with Crippen LogP contribution in [0, 0.1) is 0 Å². The molecule has 0 unspecified atom stereocenters. The van der Waals surface area contributed by atoms with E-state index in [4.69, 9.17) is 0 Å². The van der Waals surface area contributed by atoms with Crippen LogP contribution in [-0.2, 0) is 21.4 Å².